The van der Waals surface area contributed by atoms with Crippen LogP contribution in [0.25, 0.3) is 0 Å². The SMILES string of the molecule is CCn1ncnc1CN(CCC(=N)N)C(C)C. The Morgan fingerprint density at radius 2 is 2.29 bits per heavy atom. The minimum atomic E-state index is 0.229. The van der Waals surface area contributed by atoms with Crippen molar-refractivity contribution >= 4 is 5.84 Å². The van der Waals surface area contributed by atoms with Crippen molar-refractivity contribution < 1.29 is 0 Å². The molecule has 0 aliphatic heterocycles. The maximum absolute atomic E-state index is 7.27. The number of aryl methyl sites for hydroxylation is 1. The maximum atomic E-state index is 7.27. The third-order valence-electron chi connectivity index (χ3n) is 2.74. The molecule has 0 aliphatic rings. The number of aromatic nitrogens is 3. The van der Waals surface area contributed by atoms with E-state index in [1.54, 1.807) is 6.33 Å². The van der Waals surface area contributed by atoms with Crippen molar-refractivity contribution in [1.29, 1.82) is 5.41 Å². The molecule has 6 nitrogen and oxygen atoms in total. The van der Waals surface area contributed by atoms with Crippen LogP contribution in [0.5, 0.6) is 0 Å². The molecule has 1 rings (SSSR count). The van der Waals surface area contributed by atoms with Crippen molar-refractivity contribution in [1.82, 2.24) is 19.7 Å². The summed E-state index contributed by atoms with van der Waals surface area (Å²) in [5.41, 5.74) is 5.39. The van der Waals surface area contributed by atoms with Gasteiger partial charge in [-0.25, -0.2) is 9.67 Å². The average molecular weight is 238 g/mol. The van der Waals surface area contributed by atoms with Gasteiger partial charge in [-0.05, 0) is 20.8 Å². The second-order valence-corrected chi connectivity index (χ2v) is 4.33. The van der Waals surface area contributed by atoms with Crippen LogP contribution < -0.4 is 5.73 Å². The van der Waals surface area contributed by atoms with E-state index >= 15 is 0 Å². The summed E-state index contributed by atoms with van der Waals surface area (Å²) in [6, 6.07) is 0.399. The highest BCUT2D eigenvalue weighted by molar-refractivity contribution is 5.76. The first-order valence-corrected chi connectivity index (χ1v) is 5.98. The van der Waals surface area contributed by atoms with Crippen LogP contribution >= 0.6 is 0 Å². The predicted octanol–water partition coefficient (Wildman–Crippen LogP) is 0.834. The van der Waals surface area contributed by atoms with Crippen molar-refractivity contribution in [3.05, 3.63) is 12.2 Å². The number of rotatable bonds is 7. The number of hydrogen-bond acceptors (Lipinski definition) is 4. The third-order valence-corrected chi connectivity index (χ3v) is 2.74. The summed E-state index contributed by atoms with van der Waals surface area (Å²) in [5.74, 6) is 1.19. The molecule has 6 heteroatoms. The van der Waals surface area contributed by atoms with Crippen LogP contribution in [0, 0.1) is 5.41 Å². The van der Waals surface area contributed by atoms with Gasteiger partial charge in [0.1, 0.15) is 12.2 Å². The normalized spacial score (nSPS) is 11.4. The second kappa shape index (κ2) is 6.34. The molecule has 17 heavy (non-hydrogen) atoms. The van der Waals surface area contributed by atoms with Crippen LogP contribution in [0.4, 0.5) is 0 Å². The van der Waals surface area contributed by atoms with Gasteiger partial charge in [0, 0.05) is 25.6 Å². The number of hydrogen-bond donors (Lipinski definition) is 2. The highest BCUT2D eigenvalue weighted by Gasteiger charge is 2.13. The number of nitrogens with zero attached hydrogens (tertiary/aromatic N) is 4. The number of nitrogens with two attached hydrogens (primary N) is 1. The van der Waals surface area contributed by atoms with E-state index in [-0.39, 0.29) is 5.84 Å². The van der Waals surface area contributed by atoms with Gasteiger partial charge in [0.2, 0.25) is 0 Å². The van der Waals surface area contributed by atoms with Gasteiger partial charge in [-0.3, -0.25) is 10.3 Å². The lowest BCUT2D eigenvalue weighted by Crippen LogP contribution is -2.34. The van der Waals surface area contributed by atoms with E-state index in [1.165, 1.54) is 0 Å². The standard InChI is InChI=1S/C11H22N6/c1-4-17-11(14-8-15-17)7-16(9(2)3)6-5-10(12)13/h8-9H,4-7H2,1-3H3,(H3,12,13). The topological polar surface area (TPSA) is 83.8 Å². The Morgan fingerprint density at radius 1 is 1.59 bits per heavy atom. The van der Waals surface area contributed by atoms with Crippen molar-refractivity contribution in [2.24, 2.45) is 5.73 Å². The summed E-state index contributed by atoms with van der Waals surface area (Å²) >= 11 is 0. The maximum Gasteiger partial charge on any atom is 0.141 e. The van der Waals surface area contributed by atoms with Gasteiger partial charge in [0.15, 0.2) is 0 Å². The number of amidine groups is 1. The van der Waals surface area contributed by atoms with Crippen LogP contribution in [0.3, 0.4) is 0 Å². The Balaban J connectivity index is 2.63. The van der Waals surface area contributed by atoms with E-state index < -0.39 is 0 Å². The fourth-order valence-electron chi connectivity index (χ4n) is 1.64. The third kappa shape index (κ3) is 4.14. The summed E-state index contributed by atoms with van der Waals surface area (Å²) in [6.45, 7) is 8.67. The van der Waals surface area contributed by atoms with Gasteiger partial charge in [-0.15, -0.1) is 0 Å². The summed E-state index contributed by atoms with van der Waals surface area (Å²) in [4.78, 5) is 6.51. The molecule has 0 unspecified atom stereocenters. The molecular formula is C11H22N6. The first-order valence-electron chi connectivity index (χ1n) is 5.98. The molecular weight excluding hydrogens is 216 g/mol. The van der Waals surface area contributed by atoms with E-state index in [2.05, 4.69) is 28.8 Å². The van der Waals surface area contributed by atoms with Crippen molar-refractivity contribution in [2.45, 2.75) is 46.3 Å². The quantitative estimate of drug-likeness (QED) is 0.544. The Morgan fingerprint density at radius 3 is 2.82 bits per heavy atom. The Bertz CT molecular complexity index is 357. The lowest BCUT2D eigenvalue weighted by molar-refractivity contribution is 0.209. The molecule has 0 atom stereocenters. The molecule has 96 valence electrons. The zero-order valence-corrected chi connectivity index (χ0v) is 10.8. The fraction of sp³-hybridized carbons (Fsp3) is 0.727. The van der Waals surface area contributed by atoms with E-state index in [1.807, 2.05) is 11.6 Å². The minimum absolute atomic E-state index is 0.229. The number of nitrogens with one attached hydrogen (secondary N) is 1. The first kappa shape index (κ1) is 13.6. The van der Waals surface area contributed by atoms with Crippen LogP contribution in [-0.2, 0) is 13.1 Å². The molecule has 0 fully saturated rings. The van der Waals surface area contributed by atoms with Gasteiger partial charge >= 0.3 is 0 Å². The van der Waals surface area contributed by atoms with Crippen molar-refractivity contribution in [2.75, 3.05) is 6.54 Å². The minimum Gasteiger partial charge on any atom is -0.388 e. The predicted molar refractivity (Wildman–Crippen MR) is 67.8 cm³/mol. The Hall–Kier alpha value is -1.43. The summed E-state index contributed by atoms with van der Waals surface area (Å²) in [7, 11) is 0. The van der Waals surface area contributed by atoms with Crippen molar-refractivity contribution in [3.63, 3.8) is 0 Å². The molecule has 0 radical (unpaired) electrons. The Labute approximate surface area is 102 Å². The van der Waals surface area contributed by atoms with E-state index in [9.17, 15) is 0 Å². The van der Waals surface area contributed by atoms with Gasteiger partial charge in [0.25, 0.3) is 0 Å². The monoisotopic (exact) mass is 238 g/mol. The lowest BCUT2D eigenvalue weighted by atomic mass is 10.2. The van der Waals surface area contributed by atoms with Crippen LogP contribution in [0.1, 0.15) is 33.0 Å². The van der Waals surface area contributed by atoms with Gasteiger partial charge in [-0.2, -0.15) is 5.10 Å². The molecule has 0 saturated heterocycles. The first-order chi connectivity index (χ1) is 8.04. The van der Waals surface area contributed by atoms with Crippen LogP contribution in [-0.4, -0.2) is 38.1 Å². The molecule has 0 amide bonds. The lowest BCUT2D eigenvalue weighted by Gasteiger charge is -2.25. The summed E-state index contributed by atoms with van der Waals surface area (Å²) < 4.78 is 1.89. The fourth-order valence-corrected chi connectivity index (χ4v) is 1.64. The smallest absolute Gasteiger partial charge is 0.141 e. The molecule has 0 bridgehead atoms. The molecule has 1 aromatic rings. The van der Waals surface area contributed by atoms with E-state index in [0.717, 1.165) is 25.5 Å². The molecule has 0 saturated carbocycles. The summed E-state index contributed by atoms with van der Waals surface area (Å²) in [6.07, 6.45) is 2.18. The van der Waals surface area contributed by atoms with E-state index in [4.69, 9.17) is 11.1 Å². The van der Waals surface area contributed by atoms with E-state index in [0.29, 0.717) is 12.5 Å². The van der Waals surface area contributed by atoms with Gasteiger partial charge in [0.05, 0.1) is 12.4 Å². The van der Waals surface area contributed by atoms with Crippen LogP contribution in [0.15, 0.2) is 6.33 Å². The average Bonchev–Trinajstić information content (AvgIpc) is 2.70. The zero-order chi connectivity index (χ0) is 12.8. The van der Waals surface area contributed by atoms with Crippen molar-refractivity contribution in [3.8, 4) is 0 Å². The van der Waals surface area contributed by atoms with Gasteiger partial charge in [-0.1, -0.05) is 0 Å². The molecule has 0 aliphatic carbocycles. The Kier molecular flexibility index (Phi) is 5.09. The van der Waals surface area contributed by atoms with Crippen LogP contribution in [0.2, 0.25) is 0 Å². The highest BCUT2D eigenvalue weighted by Crippen LogP contribution is 2.06. The molecule has 1 aromatic heterocycles. The highest BCUT2D eigenvalue weighted by atomic mass is 15.3. The molecule has 0 spiro atoms. The second-order valence-electron chi connectivity index (χ2n) is 4.33. The summed E-state index contributed by atoms with van der Waals surface area (Å²) in [5, 5.41) is 11.4. The molecule has 0 aromatic carbocycles. The zero-order valence-electron chi connectivity index (χ0n) is 10.8. The molecule has 1 heterocycles. The van der Waals surface area contributed by atoms with Gasteiger partial charge < -0.3 is 5.73 Å². The molecule has 3 N–H and O–H groups in total. The largest absolute Gasteiger partial charge is 0.388 e.